The first-order valence-corrected chi connectivity index (χ1v) is 55.4. The number of hydrogen-bond acceptors (Lipinski definition) is 16. The van der Waals surface area contributed by atoms with Gasteiger partial charge in [-0.2, -0.15) is 0 Å². The Morgan fingerprint density at radius 2 is 0.278 bits per heavy atom. The Hall–Kier alpha value is -12.1. The van der Waals surface area contributed by atoms with Gasteiger partial charge in [0, 0.05) is 192 Å². The molecule has 8 amide bonds. The molecule has 144 heavy (non-hydrogen) atoms. The number of benzene rings is 8. The van der Waals surface area contributed by atoms with E-state index in [0.29, 0.717) is 71.7 Å². The summed E-state index contributed by atoms with van der Waals surface area (Å²) in [5.41, 5.74) is 8.38. The Kier molecular flexibility index (Phi) is 41.9. The van der Waals surface area contributed by atoms with Crippen LogP contribution in [0.1, 0.15) is 459 Å². The number of carbonyl (C=O) groups is 8. The molecule has 5 aliphatic rings. The van der Waals surface area contributed by atoms with Crippen molar-refractivity contribution in [1.29, 1.82) is 0 Å². The van der Waals surface area contributed by atoms with Gasteiger partial charge >= 0.3 is 0 Å². The standard InChI is InChI=1S/C120H160N8O16/c1-13-25-29-33-37-41-45-49-53-57-77-81-61-83-78(58-54-50-46-42-38-34-30-26-14-2)85-63-87-80(60-56-52-48-44-40-36-32-28-16-4)88-64-86-79(59-55-51-47-43-39-35-31-27-15-3)84-62-82(77)98-74-100(84)140-108-68-92(124-116(132)20-8)94(126-118(134)22-10)70-110(108)142-102(86)76-104(88)144-112-72-96(128-120(136)24-12)95(127-119(135)23-11)71-111(112)143-103(87)75-101(85)141-109-69-93(125-117(133)21-9)91(123-115(131)19-7)67-107(109)139-99(83)73-97(81)137-105-65-89(121-113(129)17-5)90(66-106(105)138-98)122-114(130)18-6/h61-80H,13-60H2,1-12H3,(H,121,129)(H,122,130)(H,123,131)(H,124,132)(H,125,133)(H,126,134)(H,127,135)(H,128,136). The minimum atomic E-state index is -0.588. The van der Waals surface area contributed by atoms with E-state index < -0.39 is 23.7 Å². The Labute approximate surface area is 855 Å². The predicted octanol–water partition coefficient (Wildman–Crippen LogP) is 34.6. The average molecular weight is 1970 g/mol. The molecule has 4 aliphatic heterocycles. The minimum absolute atomic E-state index is 0.106. The predicted molar refractivity (Wildman–Crippen MR) is 578 cm³/mol. The van der Waals surface area contributed by atoms with Gasteiger partial charge < -0.3 is 80.4 Å². The lowest BCUT2D eigenvalue weighted by Gasteiger charge is -2.30. The van der Waals surface area contributed by atoms with Crippen molar-refractivity contribution >= 4 is 92.8 Å². The van der Waals surface area contributed by atoms with E-state index in [9.17, 15) is 38.4 Å². The number of rotatable bonds is 56. The molecular weight excluding hydrogens is 1810 g/mol. The molecule has 0 saturated heterocycles. The molecule has 0 saturated carbocycles. The van der Waals surface area contributed by atoms with Crippen molar-refractivity contribution in [2.24, 2.45) is 0 Å². The Bertz CT molecular complexity index is 4790. The van der Waals surface area contributed by atoms with Gasteiger partial charge in [0.2, 0.25) is 47.3 Å². The summed E-state index contributed by atoms with van der Waals surface area (Å²) in [6.45, 7) is 23.1. The quantitative estimate of drug-likeness (QED) is 0.0164. The van der Waals surface area contributed by atoms with E-state index in [1.807, 2.05) is 24.3 Å². The van der Waals surface area contributed by atoms with Gasteiger partial charge in [-0.15, -0.1) is 0 Å². The number of carbonyl (C=O) groups excluding carboxylic acids is 8. The third kappa shape index (κ3) is 29.2. The Balaban J connectivity index is 1.24. The second kappa shape index (κ2) is 55.3. The third-order valence-corrected chi connectivity index (χ3v) is 28.8. The second-order valence-electron chi connectivity index (χ2n) is 39.8. The van der Waals surface area contributed by atoms with E-state index in [-0.39, 0.29) is 190 Å². The summed E-state index contributed by atoms with van der Waals surface area (Å²) < 4.78 is 62.8. The second-order valence-corrected chi connectivity index (χ2v) is 39.8. The smallest absolute Gasteiger partial charge is 0.224 e. The molecular formula is C120H160N8O16. The number of fused-ring (bicyclic) bond motifs is 4. The molecule has 24 nitrogen and oxygen atoms in total. The number of hydrogen-bond donors (Lipinski definition) is 8. The van der Waals surface area contributed by atoms with Gasteiger partial charge in [0.05, 0.1) is 45.5 Å². The molecule has 0 atom stereocenters. The maximum Gasteiger partial charge on any atom is 0.224 e. The van der Waals surface area contributed by atoms with Gasteiger partial charge in [-0.1, -0.05) is 314 Å². The first-order valence-electron chi connectivity index (χ1n) is 55.4. The molecule has 8 aromatic rings. The van der Waals surface area contributed by atoms with Crippen molar-refractivity contribution in [3.8, 4) is 92.0 Å². The lowest BCUT2D eigenvalue weighted by atomic mass is 9.76. The Morgan fingerprint density at radius 3 is 0.396 bits per heavy atom. The molecule has 8 aromatic carbocycles. The highest BCUT2D eigenvalue weighted by Gasteiger charge is 2.41. The van der Waals surface area contributed by atoms with Crippen LogP contribution in [-0.4, -0.2) is 47.3 Å². The first-order chi connectivity index (χ1) is 70.1. The normalized spacial score (nSPS) is 14.6. The van der Waals surface area contributed by atoms with Crippen LogP contribution in [0.3, 0.4) is 0 Å². The molecule has 8 bridgehead atoms. The molecule has 0 radical (unpaired) electrons. The van der Waals surface area contributed by atoms with E-state index in [2.05, 4.69) is 94.5 Å². The molecule has 4 heterocycles. The van der Waals surface area contributed by atoms with Crippen molar-refractivity contribution in [3.63, 3.8) is 0 Å². The monoisotopic (exact) mass is 1970 g/mol. The summed E-state index contributed by atoms with van der Waals surface area (Å²) in [6.07, 6.45) is 41.3. The van der Waals surface area contributed by atoms with E-state index in [0.717, 1.165) is 224 Å². The maximum atomic E-state index is 14.1. The van der Waals surface area contributed by atoms with Gasteiger partial charge in [0.15, 0.2) is 46.0 Å². The zero-order valence-corrected chi connectivity index (χ0v) is 88.0. The summed E-state index contributed by atoms with van der Waals surface area (Å²) in [7, 11) is 0. The van der Waals surface area contributed by atoms with Crippen molar-refractivity contribution in [3.05, 3.63) is 142 Å². The van der Waals surface area contributed by atoms with Crippen LogP contribution in [0.15, 0.2) is 97.1 Å². The van der Waals surface area contributed by atoms with Crippen LogP contribution in [-0.2, 0) is 38.4 Å². The summed E-state index contributed by atoms with van der Waals surface area (Å²) >= 11 is 0. The number of amides is 8. The van der Waals surface area contributed by atoms with Gasteiger partial charge in [-0.05, 0) is 49.9 Å². The molecule has 13 rings (SSSR count). The first kappa shape index (κ1) is 109. The number of unbranched alkanes of at least 4 members (excludes halogenated alkanes) is 32. The van der Waals surface area contributed by atoms with E-state index in [1.165, 1.54) is 51.4 Å². The topological polar surface area (TPSA) is 307 Å². The van der Waals surface area contributed by atoms with Crippen LogP contribution >= 0.6 is 0 Å². The fraction of sp³-hybridized carbons (Fsp3) is 0.533. The van der Waals surface area contributed by atoms with Crippen LogP contribution in [0.5, 0.6) is 92.0 Å². The fourth-order valence-electron chi connectivity index (χ4n) is 20.4. The van der Waals surface area contributed by atoms with Gasteiger partial charge in [-0.25, -0.2) is 0 Å². The van der Waals surface area contributed by atoms with Crippen LogP contribution in [0.2, 0.25) is 0 Å². The number of nitrogens with one attached hydrogen (secondary N) is 8. The van der Waals surface area contributed by atoms with Crippen LogP contribution in [0.25, 0.3) is 0 Å². The molecule has 0 aromatic heterocycles. The van der Waals surface area contributed by atoms with Gasteiger partial charge in [0.25, 0.3) is 0 Å². The summed E-state index contributed by atoms with van der Waals surface area (Å²) in [5, 5.41) is 24.9. The molecule has 8 N–H and O–H groups in total. The van der Waals surface area contributed by atoms with Gasteiger partial charge in [-0.3, -0.25) is 38.4 Å². The highest BCUT2D eigenvalue weighted by molar-refractivity contribution is 6.04. The molecule has 24 heteroatoms. The summed E-state index contributed by atoms with van der Waals surface area (Å²) in [5.74, 6) is -0.429. The van der Waals surface area contributed by atoms with E-state index in [1.54, 1.807) is 104 Å². The van der Waals surface area contributed by atoms with E-state index in [4.69, 9.17) is 37.9 Å². The van der Waals surface area contributed by atoms with Crippen LogP contribution in [0, 0.1) is 0 Å². The Morgan fingerprint density at radius 1 is 0.160 bits per heavy atom. The summed E-state index contributed by atoms with van der Waals surface area (Å²) in [4.78, 5) is 113. The number of ether oxygens (including phenoxy) is 8. The molecule has 0 unspecified atom stereocenters. The van der Waals surface area contributed by atoms with Crippen LogP contribution in [0.4, 0.5) is 45.5 Å². The third-order valence-electron chi connectivity index (χ3n) is 28.8. The van der Waals surface area contributed by atoms with Crippen molar-refractivity contribution in [2.75, 3.05) is 42.5 Å². The molecule has 1 aliphatic carbocycles. The highest BCUT2D eigenvalue weighted by atomic mass is 16.5. The zero-order valence-electron chi connectivity index (χ0n) is 88.0. The molecule has 0 fully saturated rings. The molecule has 776 valence electrons. The molecule has 0 spiro atoms. The largest absolute Gasteiger partial charge is 0.453 e. The van der Waals surface area contributed by atoms with Crippen molar-refractivity contribution in [2.45, 2.75) is 415 Å². The fourth-order valence-corrected chi connectivity index (χ4v) is 20.4. The summed E-state index contributed by atoms with van der Waals surface area (Å²) in [6, 6.07) is 30.8. The van der Waals surface area contributed by atoms with Gasteiger partial charge in [0.1, 0.15) is 46.0 Å². The maximum absolute atomic E-state index is 14.1. The lowest BCUT2D eigenvalue weighted by Crippen LogP contribution is -2.15. The number of anilines is 8. The van der Waals surface area contributed by atoms with Crippen molar-refractivity contribution < 1.29 is 76.3 Å². The van der Waals surface area contributed by atoms with Crippen LogP contribution < -0.4 is 80.4 Å². The van der Waals surface area contributed by atoms with E-state index >= 15 is 0 Å². The average Bonchev–Trinajstić information content (AvgIpc) is 1.43. The zero-order chi connectivity index (χ0) is 102. The minimum Gasteiger partial charge on any atom is -0.453 e. The van der Waals surface area contributed by atoms with Crippen molar-refractivity contribution in [1.82, 2.24) is 0 Å². The lowest BCUT2D eigenvalue weighted by molar-refractivity contribution is -0.116. The SMILES string of the molecule is CCCCCCCCCCCC1c2cc3c4cc2Oc2cc(NC(=O)CC)c(NC(=O)CC)cc2Oc2cc5c(cc21)C(CCCCCCCCCCC)c1cc2c(cc1Oc1cc(NC(=O)CC)c(NC(=O)CC)cc1O5)Oc1cc(NC(=O)CC)c(NC(=O)CC)cc1Oc1cc(c(cc1C2CCCCCCCCCCC)C3CCCCCCCCCCC)Oc1cc(NC(=O)CC)c(NC(=O)CC)cc1O4. The highest BCUT2D eigenvalue weighted by Crippen LogP contribution is 2.62.